The Balaban J connectivity index is 1.97. The number of carbonyl (C=O) groups is 1. The first-order chi connectivity index (χ1) is 10.8. The van der Waals surface area contributed by atoms with Crippen LogP contribution in [0.4, 0.5) is 28.0 Å². The van der Waals surface area contributed by atoms with Gasteiger partial charge >= 0.3 is 11.5 Å². The van der Waals surface area contributed by atoms with Gasteiger partial charge in [0.1, 0.15) is 5.82 Å². The van der Waals surface area contributed by atoms with Gasteiger partial charge in [-0.3, -0.25) is 4.90 Å². The van der Waals surface area contributed by atoms with Crippen LogP contribution in [0.1, 0.15) is 0 Å². The molecule has 0 aromatic heterocycles. The molecule has 0 spiro atoms. The monoisotopic (exact) mass is 354 g/mol. The normalized spacial score (nSPS) is 15.7. The van der Waals surface area contributed by atoms with Crippen molar-refractivity contribution in [2.75, 3.05) is 31.7 Å². The zero-order valence-corrected chi connectivity index (χ0v) is 12.8. The van der Waals surface area contributed by atoms with Crippen LogP contribution < -0.4 is 10.2 Å². The minimum Gasteiger partial charge on any atom is -0.348 e. The summed E-state index contributed by atoms with van der Waals surface area (Å²) in [7, 11) is 1.31. The van der Waals surface area contributed by atoms with Crippen LogP contribution in [0, 0.1) is 5.82 Å². The molecule has 0 unspecified atom stereocenters. The number of carbonyl (C=O) groups excluding carboxylic acids is 1. The number of amides is 2. The molecule has 0 radical (unpaired) electrons. The Kier molecular flexibility index (Phi) is 5.71. The van der Waals surface area contributed by atoms with Gasteiger partial charge in [-0.25, -0.2) is 9.18 Å². The number of ether oxygens (including phenoxy) is 2. The third-order valence-corrected chi connectivity index (χ3v) is 3.65. The maximum atomic E-state index is 13.9. The van der Waals surface area contributed by atoms with Crippen molar-refractivity contribution in [3.05, 3.63) is 24.0 Å². The molecule has 10 heteroatoms. The zero-order valence-electron chi connectivity index (χ0n) is 12.0. The molecule has 2 amide bonds. The summed E-state index contributed by atoms with van der Waals surface area (Å²) in [6.45, 7) is 0.958. The van der Waals surface area contributed by atoms with Crippen LogP contribution in [-0.4, -0.2) is 44.6 Å². The Morgan fingerprint density at radius 2 is 2.04 bits per heavy atom. The second-order valence-corrected chi connectivity index (χ2v) is 5.72. The quantitative estimate of drug-likeness (QED) is 0.667. The van der Waals surface area contributed by atoms with Crippen LogP contribution in [0.2, 0.25) is 0 Å². The molecule has 1 aliphatic heterocycles. The van der Waals surface area contributed by atoms with Crippen molar-refractivity contribution < 1.29 is 31.8 Å². The largest absolute Gasteiger partial charge is 0.446 e. The van der Waals surface area contributed by atoms with Gasteiger partial charge in [-0.05, 0) is 30.0 Å². The van der Waals surface area contributed by atoms with Crippen molar-refractivity contribution >= 4 is 23.5 Å². The molecule has 1 heterocycles. The van der Waals surface area contributed by atoms with Crippen molar-refractivity contribution in [1.29, 1.82) is 0 Å². The number of halogens is 4. The molecule has 1 N–H and O–H groups in total. The van der Waals surface area contributed by atoms with E-state index in [0.717, 1.165) is 23.1 Å². The molecule has 1 saturated heterocycles. The van der Waals surface area contributed by atoms with Crippen molar-refractivity contribution in [2.45, 2.75) is 16.7 Å². The Morgan fingerprint density at radius 3 is 2.61 bits per heavy atom. The molecular formula is C13H14F4N2O3S. The number of thioether (sulfide) groups is 1. The Bertz CT molecular complexity index is 565. The first kappa shape index (κ1) is 17.8. The van der Waals surface area contributed by atoms with Gasteiger partial charge in [0, 0.05) is 11.9 Å². The highest BCUT2D eigenvalue weighted by Crippen LogP contribution is 2.38. The average molecular weight is 354 g/mol. The van der Waals surface area contributed by atoms with Crippen molar-refractivity contribution in [3.8, 4) is 0 Å². The molecule has 1 aromatic carbocycles. The van der Waals surface area contributed by atoms with Gasteiger partial charge in [0.05, 0.1) is 25.4 Å². The molecule has 1 fully saturated rings. The fraction of sp³-hybridized carbons (Fsp3) is 0.462. The summed E-state index contributed by atoms with van der Waals surface area (Å²) in [5, 5.41) is 2.49. The number of alkyl halides is 3. The summed E-state index contributed by atoms with van der Waals surface area (Å²) >= 11 is -0.421. The SMILES string of the molecule is CN(C(=O)NCC1OCCO1)c1ccc(SC(F)(F)F)cc1F. The molecule has 128 valence electrons. The standard InChI is InChI=1S/C13H14F4N2O3S/c1-19(12(20)18-7-11-21-4-5-22-11)10-3-2-8(6-9(10)14)23-13(15,16)17/h2-3,6,11H,4-5,7H2,1H3,(H,18,20). The third kappa shape index (κ3) is 5.26. The number of urea groups is 1. The van der Waals surface area contributed by atoms with Gasteiger partial charge < -0.3 is 14.8 Å². The predicted molar refractivity (Wildman–Crippen MR) is 75.8 cm³/mol. The first-order valence-corrected chi connectivity index (χ1v) is 7.38. The van der Waals surface area contributed by atoms with E-state index < -0.39 is 35.4 Å². The lowest BCUT2D eigenvalue weighted by Crippen LogP contribution is -2.41. The molecule has 23 heavy (non-hydrogen) atoms. The molecule has 0 bridgehead atoms. The van der Waals surface area contributed by atoms with Gasteiger partial charge in [-0.15, -0.1) is 0 Å². The number of nitrogens with one attached hydrogen (secondary N) is 1. The molecule has 5 nitrogen and oxygen atoms in total. The fourth-order valence-electron chi connectivity index (χ4n) is 1.88. The second-order valence-electron chi connectivity index (χ2n) is 4.58. The predicted octanol–water partition coefficient (Wildman–Crippen LogP) is 2.96. The number of anilines is 1. The summed E-state index contributed by atoms with van der Waals surface area (Å²) in [6.07, 6.45) is -0.553. The van der Waals surface area contributed by atoms with Crippen molar-refractivity contribution in [3.63, 3.8) is 0 Å². The molecule has 0 atom stereocenters. The highest BCUT2D eigenvalue weighted by atomic mass is 32.2. The van der Waals surface area contributed by atoms with Crippen LogP contribution in [0.3, 0.4) is 0 Å². The van der Waals surface area contributed by atoms with Crippen LogP contribution in [0.5, 0.6) is 0 Å². The molecular weight excluding hydrogens is 340 g/mol. The Labute approximate surface area is 133 Å². The van der Waals surface area contributed by atoms with E-state index in [4.69, 9.17) is 9.47 Å². The third-order valence-electron chi connectivity index (χ3n) is 2.93. The fourth-order valence-corrected chi connectivity index (χ4v) is 2.45. The lowest BCUT2D eigenvalue weighted by molar-refractivity contribution is -0.0370. The minimum absolute atomic E-state index is 0.0901. The maximum absolute atomic E-state index is 13.9. The maximum Gasteiger partial charge on any atom is 0.446 e. The van der Waals surface area contributed by atoms with E-state index in [1.807, 2.05) is 0 Å². The van der Waals surface area contributed by atoms with Gasteiger partial charge in [0.15, 0.2) is 6.29 Å². The Morgan fingerprint density at radius 1 is 1.39 bits per heavy atom. The average Bonchev–Trinajstić information content (AvgIpc) is 2.95. The molecule has 0 saturated carbocycles. The number of benzene rings is 1. The Hall–Kier alpha value is -1.52. The molecule has 0 aliphatic carbocycles. The van der Waals surface area contributed by atoms with E-state index in [1.165, 1.54) is 7.05 Å². The van der Waals surface area contributed by atoms with Gasteiger partial charge in [0.2, 0.25) is 0 Å². The number of hydrogen-bond acceptors (Lipinski definition) is 4. The van der Waals surface area contributed by atoms with E-state index >= 15 is 0 Å². The number of hydrogen-bond donors (Lipinski definition) is 1. The zero-order chi connectivity index (χ0) is 17.0. The lowest BCUT2D eigenvalue weighted by Gasteiger charge is -2.20. The minimum atomic E-state index is -4.50. The highest BCUT2D eigenvalue weighted by molar-refractivity contribution is 8.00. The van der Waals surface area contributed by atoms with Gasteiger partial charge in [-0.2, -0.15) is 13.2 Å². The number of rotatable bonds is 4. The van der Waals surface area contributed by atoms with Gasteiger partial charge in [-0.1, -0.05) is 0 Å². The van der Waals surface area contributed by atoms with Crippen molar-refractivity contribution in [2.24, 2.45) is 0 Å². The van der Waals surface area contributed by atoms with Crippen molar-refractivity contribution in [1.82, 2.24) is 5.32 Å². The van der Waals surface area contributed by atoms with E-state index in [2.05, 4.69) is 5.32 Å². The van der Waals surface area contributed by atoms with E-state index in [0.29, 0.717) is 13.2 Å². The van der Waals surface area contributed by atoms with E-state index in [1.54, 1.807) is 0 Å². The van der Waals surface area contributed by atoms with Crippen LogP contribution >= 0.6 is 11.8 Å². The lowest BCUT2D eigenvalue weighted by atomic mass is 10.3. The first-order valence-electron chi connectivity index (χ1n) is 6.56. The summed E-state index contributed by atoms with van der Waals surface area (Å²) < 4.78 is 61.0. The van der Waals surface area contributed by atoms with E-state index in [9.17, 15) is 22.4 Å². The van der Waals surface area contributed by atoms with Crippen LogP contribution in [0.15, 0.2) is 23.1 Å². The summed E-state index contributed by atoms with van der Waals surface area (Å²) in [6, 6.07) is 2.33. The van der Waals surface area contributed by atoms with Gasteiger partial charge in [0.25, 0.3) is 0 Å². The summed E-state index contributed by atoms with van der Waals surface area (Å²) in [5.74, 6) is -0.926. The summed E-state index contributed by atoms with van der Waals surface area (Å²) in [4.78, 5) is 12.6. The second kappa shape index (κ2) is 7.37. The topological polar surface area (TPSA) is 50.8 Å². The smallest absolute Gasteiger partial charge is 0.348 e. The van der Waals surface area contributed by atoms with Crippen LogP contribution in [-0.2, 0) is 9.47 Å². The number of nitrogens with zero attached hydrogens (tertiary/aromatic N) is 1. The van der Waals surface area contributed by atoms with E-state index in [-0.39, 0.29) is 17.1 Å². The molecule has 1 aromatic rings. The molecule has 1 aliphatic rings. The summed E-state index contributed by atoms with van der Waals surface area (Å²) in [5.41, 5.74) is -4.64. The highest BCUT2D eigenvalue weighted by Gasteiger charge is 2.30. The van der Waals surface area contributed by atoms with Crippen LogP contribution in [0.25, 0.3) is 0 Å². The molecule has 2 rings (SSSR count).